The van der Waals surface area contributed by atoms with Crippen LogP contribution in [0, 0.1) is 0 Å². The maximum Gasteiger partial charge on any atom is 0.0622 e. The molecule has 2 nitrogen and oxygen atoms in total. The first-order chi connectivity index (χ1) is 31.8. The molecule has 300 valence electrons. The van der Waals surface area contributed by atoms with Crippen LogP contribution in [0.5, 0.6) is 0 Å². The van der Waals surface area contributed by atoms with Crippen LogP contribution in [0.2, 0.25) is 0 Å². The SMILES string of the molecule is C1=Cc2c(c3c4c5ccccc5ccc4c4ccccc4c3n2-c2ccc(N(c3ccc(-c4ccccc4)cc3)c3ccc(-c4cc5ccccc5c5ccccc45)cc3)cc2)CC1. The molecular formula is C62H42N2. The maximum atomic E-state index is 2.54. The van der Waals surface area contributed by atoms with E-state index in [4.69, 9.17) is 0 Å². The molecule has 0 fully saturated rings. The molecule has 1 aliphatic rings. The van der Waals surface area contributed by atoms with Gasteiger partial charge in [0.05, 0.1) is 5.52 Å². The van der Waals surface area contributed by atoms with Crippen molar-refractivity contribution in [1.29, 1.82) is 0 Å². The number of aromatic nitrogens is 1. The number of aryl methyl sites for hydroxylation is 1. The average Bonchev–Trinajstić information content (AvgIpc) is 3.72. The normalized spacial score (nSPS) is 12.5. The number of fused-ring (bicyclic) bond motifs is 13. The highest BCUT2D eigenvalue weighted by molar-refractivity contribution is 6.32. The van der Waals surface area contributed by atoms with E-state index < -0.39 is 0 Å². The van der Waals surface area contributed by atoms with Gasteiger partial charge >= 0.3 is 0 Å². The van der Waals surface area contributed by atoms with E-state index in [1.807, 2.05) is 0 Å². The zero-order chi connectivity index (χ0) is 42.1. The molecule has 0 bridgehead atoms. The Hall–Kier alpha value is -8.20. The van der Waals surface area contributed by atoms with Crippen LogP contribution < -0.4 is 4.90 Å². The average molecular weight is 815 g/mol. The van der Waals surface area contributed by atoms with E-state index in [0.717, 1.165) is 35.6 Å². The Morgan fingerprint density at radius 2 is 0.922 bits per heavy atom. The highest BCUT2D eigenvalue weighted by atomic mass is 15.1. The Bertz CT molecular complexity index is 3800. The van der Waals surface area contributed by atoms with Gasteiger partial charge in [-0.3, -0.25) is 0 Å². The van der Waals surface area contributed by atoms with Crippen LogP contribution in [0.15, 0.2) is 224 Å². The third-order valence-corrected chi connectivity index (χ3v) is 13.6. The minimum atomic E-state index is 1.02. The van der Waals surface area contributed by atoms with Crippen molar-refractivity contribution in [2.45, 2.75) is 12.8 Å². The van der Waals surface area contributed by atoms with E-state index in [0.29, 0.717) is 0 Å². The Labute approximate surface area is 372 Å². The third kappa shape index (κ3) is 5.73. The number of anilines is 3. The standard InChI is InChI=1S/C62H42N2/c1-2-14-41(15-3-1)42-26-31-46(32-27-42)63(47-33-28-44(29-34-47)58-40-45-17-5-6-18-50(45)52-20-8-9-21-53(52)58)48-35-37-49(38-36-48)64-59-25-13-12-24-57(59)61-60-51-19-7-4-16-43(51)30-39-55(60)54-22-10-11-23-56(54)62(61)64/h1-11,13-23,25-40H,12,24H2. The summed E-state index contributed by atoms with van der Waals surface area (Å²) in [5.74, 6) is 0. The van der Waals surface area contributed by atoms with Crippen molar-refractivity contribution in [2.75, 3.05) is 4.90 Å². The van der Waals surface area contributed by atoms with Gasteiger partial charge in [0.1, 0.15) is 0 Å². The van der Waals surface area contributed by atoms with Crippen LogP contribution in [0.4, 0.5) is 17.1 Å². The first-order valence-corrected chi connectivity index (χ1v) is 22.4. The summed E-state index contributed by atoms with van der Waals surface area (Å²) in [7, 11) is 0. The third-order valence-electron chi connectivity index (χ3n) is 13.6. The number of nitrogens with zero attached hydrogens (tertiary/aromatic N) is 2. The summed E-state index contributed by atoms with van der Waals surface area (Å²) in [6.45, 7) is 0. The highest BCUT2D eigenvalue weighted by Gasteiger charge is 2.25. The van der Waals surface area contributed by atoms with E-state index in [9.17, 15) is 0 Å². The Kier molecular flexibility index (Phi) is 8.39. The zero-order valence-electron chi connectivity index (χ0n) is 35.2. The van der Waals surface area contributed by atoms with Crippen molar-refractivity contribution >= 4 is 87.9 Å². The quantitative estimate of drug-likeness (QED) is 0.152. The van der Waals surface area contributed by atoms with E-state index >= 15 is 0 Å². The monoisotopic (exact) mass is 814 g/mol. The summed E-state index contributed by atoms with van der Waals surface area (Å²) in [5, 5.41) is 14.3. The van der Waals surface area contributed by atoms with E-state index in [1.165, 1.54) is 98.3 Å². The molecule has 0 amide bonds. The van der Waals surface area contributed by atoms with Crippen LogP contribution in [-0.4, -0.2) is 4.57 Å². The van der Waals surface area contributed by atoms with Crippen molar-refractivity contribution in [3.63, 3.8) is 0 Å². The largest absolute Gasteiger partial charge is 0.311 e. The molecule has 0 radical (unpaired) electrons. The Morgan fingerprint density at radius 3 is 1.64 bits per heavy atom. The molecule has 0 saturated heterocycles. The molecule has 0 unspecified atom stereocenters. The topological polar surface area (TPSA) is 8.17 Å². The summed E-state index contributed by atoms with van der Waals surface area (Å²) in [4.78, 5) is 2.39. The lowest BCUT2D eigenvalue weighted by molar-refractivity contribution is 0.968. The predicted molar refractivity (Wildman–Crippen MR) is 274 cm³/mol. The lowest BCUT2D eigenvalue weighted by Crippen LogP contribution is -2.10. The van der Waals surface area contributed by atoms with Crippen LogP contribution >= 0.6 is 0 Å². The fourth-order valence-corrected chi connectivity index (χ4v) is 10.7. The number of hydrogen-bond acceptors (Lipinski definition) is 1. The van der Waals surface area contributed by atoms with Crippen molar-refractivity contribution in [1.82, 2.24) is 4.57 Å². The molecule has 13 rings (SSSR count). The molecular weight excluding hydrogens is 773 g/mol. The van der Waals surface area contributed by atoms with Gasteiger partial charge in [0, 0.05) is 39.2 Å². The molecule has 1 heterocycles. The molecule has 0 aliphatic heterocycles. The molecule has 2 heteroatoms. The first kappa shape index (κ1) is 36.5. The van der Waals surface area contributed by atoms with Gasteiger partial charge in [-0.15, -0.1) is 0 Å². The number of benzene rings is 11. The molecule has 12 aromatic rings. The molecule has 0 atom stereocenters. The fraction of sp³-hybridized carbons (Fsp3) is 0.0323. The van der Waals surface area contributed by atoms with Crippen LogP contribution in [0.3, 0.4) is 0 Å². The fourth-order valence-electron chi connectivity index (χ4n) is 10.7. The lowest BCUT2D eigenvalue weighted by atomic mass is 9.90. The van der Waals surface area contributed by atoms with Crippen LogP contribution in [0.25, 0.3) is 98.8 Å². The van der Waals surface area contributed by atoms with Crippen LogP contribution in [-0.2, 0) is 6.42 Å². The van der Waals surface area contributed by atoms with E-state index in [1.54, 1.807) is 0 Å². The van der Waals surface area contributed by atoms with Gasteiger partial charge in [-0.25, -0.2) is 0 Å². The molecule has 1 aliphatic carbocycles. The maximum absolute atomic E-state index is 2.54. The molecule has 1 aromatic heterocycles. The Morgan fingerprint density at radius 1 is 0.375 bits per heavy atom. The minimum Gasteiger partial charge on any atom is -0.311 e. The zero-order valence-corrected chi connectivity index (χ0v) is 35.2. The first-order valence-electron chi connectivity index (χ1n) is 22.4. The van der Waals surface area contributed by atoms with Gasteiger partial charge in [0.15, 0.2) is 0 Å². The van der Waals surface area contributed by atoms with Crippen molar-refractivity contribution in [3.8, 4) is 27.9 Å². The lowest BCUT2D eigenvalue weighted by Gasteiger charge is -2.26. The highest BCUT2D eigenvalue weighted by Crippen LogP contribution is 2.46. The van der Waals surface area contributed by atoms with Gasteiger partial charge in [0.25, 0.3) is 0 Å². The van der Waals surface area contributed by atoms with Crippen molar-refractivity contribution < 1.29 is 0 Å². The second-order valence-corrected chi connectivity index (χ2v) is 17.1. The second-order valence-electron chi connectivity index (χ2n) is 17.1. The van der Waals surface area contributed by atoms with Gasteiger partial charge in [-0.1, -0.05) is 170 Å². The van der Waals surface area contributed by atoms with E-state index in [-0.39, 0.29) is 0 Å². The molecule has 0 N–H and O–H groups in total. The number of hydrogen-bond donors (Lipinski definition) is 0. The van der Waals surface area contributed by atoms with Gasteiger partial charge < -0.3 is 9.47 Å². The minimum absolute atomic E-state index is 1.02. The van der Waals surface area contributed by atoms with Crippen molar-refractivity contribution in [2.24, 2.45) is 0 Å². The van der Waals surface area contributed by atoms with Gasteiger partial charge in [-0.2, -0.15) is 0 Å². The van der Waals surface area contributed by atoms with Crippen LogP contribution in [0.1, 0.15) is 17.7 Å². The molecule has 11 aromatic carbocycles. The number of rotatable bonds is 6. The second kappa shape index (κ2) is 14.7. The molecule has 64 heavy (non-hydrogen) atoms. The smallest absolute Gasteiger partial charge is 0.0622 e. The number of allylic oxidation sites excluding steroid dienone is 1. The molecule has 0 saturated carbocycles. The van der Waals surface area contributed by atoms with Crippen molar-refractivity contribution in [3.05, 3.63) is 236 Å². The predicted octanol–water partition coefficient (Wildman–Crippen LogP) is 17.2. The summed E-state index contributed by atoms with van der Waals surface area (Å²) in [6, 6.07) is 80.4. The Balaban J connectivity index is 0.976. The molecule has 0 spiro atoms. The summed E-state index contributed by atoms with van der Waals surface area (Å²) in [5.41, 5.74) is 13.3. The summed E-state index contributed by atoms with van der Waals surface area (Å²) < 4.78 is 2.54. The van der Waals surface area contributed by atoms with Gasteiger partial charge in [-0.05, 0) is 150 Å². The van der Waals surface area contributed by atoms with E-state index in [2.05, 4.69) is 240 Å². The summed E-state index contributed by atoms with van der Waals surface area (Å²) >= 11 is 0. The summed E-state index contributed by atoms with van der Waals surface area (Å²) in [6.07, 6.45) is 6.76. The van der Waals surface area contributed by atoms with Gasteiger partial charge in [0.2, 0.25) is 0 Å².